The topological polar surface area (TPSA) is 46.3 Å². The second kappa shape index (κ2) is 3.23. The first-order chi connectivity index (χ1) is 7.00. The van der Waals surface area contributed by atoms with Gasteiger partial charge in [-0.15, -0.1) is 0 Å². The third kappa shape index (κ3) is 1.80. The average molecular weight is 217 g/mol. The van der Waals surface area contributed by atoms with Gasteiger partial charge in [-0.25, -0.2) is 4.98 Å². The lowest BCUT2D eigenvalue weighted by Crippen LogP contribution is -2.04. The van der Waals surface area contributed by atoms with E-state index in [2.05, 4.69) is 9.40 Å². The Morgan fingerprint density at radius 1 is 1.33 bits per heavy atom. The van der Waals surface area contributed by atoms with Crippen molar-refractivity contribution in [2.24, 2.45) is 0 Å². The van der Waals surface area contributed by atoms with Crippen molar-refractivity contribution < 1.29 is 22.7 Å². The van der Waals surface area contributed by atoms with Crippen molar-refractivity contribution >= 4 is 11.1 Å². The number of rotatable bonds is 1. The molecule has 0 aliphatic heterocycles. The van der Waals surface area contributed by atoms with Crippen LogP contribution in [0.2, 0.25) is 0 Å². The number of hydrogen-bond acceptors (Lipinski definition) is 3. The molecule has 0 saturated heterocycles. The van der Waals surface area contributed by atoms with Gasteiger partial charge < -0.3 is 9.52 Å². The molecule has 0 bridgehead atoms. The van der Waals surface area contributed by atoms with Gasteiger partial charge in [0.05, 0.1) is 6.61 Å². The van der Waals surface area contributed by atoms with Crippen LogP contribution in [0, 0.1) is 0 Å². The quantitative estimate of drug-likeness (QED) is 0.797. The molecule has 0 aliphatic rings. The van der Waals surface area contributed by atoms with Gasteiger partial charge >= 0.3 is 12.1 Å². The summed E-state index contributed by atoms with van der Waals surface area (Å²) in [5.74, 6) is -1.27. The van der Waals surface area contributed by atoms with Crippen molar-refractivity contribution in [3.63, 3.8) is 0 Å². The van der Waals surface area contributed by atoms with Crippen molar-refractivity contribution in [2.45, 2.75) is 12.8 Å². The number of hydrogen-bond donors (Lipinski definition) is 1. The molecule has 0 fully saturated rings. The Bertz CT molecular complexity index is 490. The summed E-state index contributed by atoms with van der Waals surface area (Å²) in [6, 6.07) is 4.19. The van der Waals surface area contributed by atoms with E-state index >= 15 is 0 Å². The van der Waals surface area contributed by atoms with Crippen molar-refractivity contribution in [1.82, 2.24) is 4.98 Å². The van der Waals surface area contributed by atoms with Crippen LogP contribution in [0.5, 0.6) is 0 Å². The van der Waals surface area contributed by atoms with Crippen LogP contribution in [0.4, 0.5) is 13.2 Å². The van der Waals surface area contributed by atoms with Gasteiger partial charge in [-0.2, -0.15) is 13.2 Å². The normalized spacial score (nSPS) is 12.3. The maximum Gasteiger partial charge on any atom is 0.468 e. The van der Waals surface area contributed by atoms with Crippen molar-refractivity contribution in [2.75, 3.05) is 0 Å². The van der Waals surface area contributed by atoms with Crippen LogP contribution in [-0.2, 0) is 12.8 Å². The number of nitrogens with zero attached hydrogens (tertiary/aromatic N) is 1. The largest absolute Gasteiger partial charge is 0.468 e. The van der Waals surface area contributed by atoms with Gasteiger partial charge in [-0.1, -0.05) is 6.07 Å². The molecular weight excluding hydrogens is 211 g/mol. The Hall–Kier alpha value is -1.56. The maximum atomic E-state index is 12.2. The highest BCUT2D eigenvalue weighted by atomic mass is 19.4. The standard InChI is InChI=1S/C9H6F3NO2/c10-9(11,12)8-13-6-3-5(4-14)1-2-7(6)15-8/h1-3,14H,4H2. The minimum absolute atomic E-state index is 0.0551. The molecule has 0 saturated carbocycles. The lowest BCUT2D eigenvalue weighted by atomic mass is 10.2. The summed E-state index contributed by atoms with van der Waals surface area (Å²) in [7, 11) is 0. The molecule has 0 unspecified atom stereocenters. The smallest absolute Gasteiger partial charge is 0.433 e. The van der Waals surface area contributed by atoms with Gasteiger partial charge in [-0.05, 0) is 17.7 Å². The first-order valence-electron chi connectivity index (χ1n) is 4.08. The van der Waals surface area contributed by atoms with E-state index in [9.17, 15) is 13.2 Å². The summed E-state index contributed by atoms with van der Waals surface area (Å²) in [6.45, 7) is -0.246. The van der Waals surface area contributed by atoms with Crippen molar-refractivity contribution in [3.8, 4) is 0 Å². The predicted octanol–water partition coefficient (Wildman–Crippen LogP) is 2.34. The number of aliphatic hydroxyl groups excluding tert-OH is 1. The summed E-state index contributed by atoms with van der Waals surface area (Å²) in [4.78, 5) is 3.29. The van der Waals surface area contributed by atoms with E-state index in [4.69, 9.17) is 5.11 Å². The van der Waals surface area contributed by atoms with Crippen LogP contribution in [0.1, 0.15) is 11.5 Å². The van der Waals surface area contributed by atoms with E-state index in [0.717, 1.165) is 0 Å². The first kappa shape index (κ1) is 9.97. The molecule has 6 heteroatoms. The van der Waals surface area contributed by atoms with Crippen LogP contribution in [0.3, 0.4) is 0 Å². The van der Waals surface area contributed by atoms with Crippen molar-refractivity contribution in [3.05, 3.63) is 29.7 Å². The van der Waals surface area contributed by atoms with E-state index in [1.165, 1.54) is 18.2 Å². The van der Waals surface area contributed by atoms with Crippen LogP contribution in [-0.4, -0.2) is 10.1 Å². The first-order valence-corrected chi connectivity index (χ1v) is 4.08. The molecule has 0 atom stereocenters. The highest BCUT2D eigenvalue weighted by Gasteiger charge is 2.37. The second-order valence-corrected chi connectivity index (χ2v) is 2.98. The van der Waals surface area contributed by atoms with E-state index < -0.39 is 12.1 Å². The average Bonchev–Trinajstić information content (AvgIpc) is 2.59. The Morgan fingerprint density at radius 3 is 2.67 bits per heavy atom. The number of aliphatic hydroxyl groups is 1. The zero-order valence-electron chi connectivity index (χ0n) is 7.38. The number of aromatic nitrogens is 1. The summed E-state index contributed by atoms with van der Waals surface area (Å²) >= 11 is 0. The molecule has 2 aromatic rings. The van der Waals surface area contributed by atoms with Crippen LogP contribution >= 0.6 is 0 Å². The summed E-state index contributed by atoms with van der Waals surface area (Å²) in [5.41, 5.74) is 0.637. The summed E-state index contributed by atoms with van der Waals surface area (Å²) < 4.78 is 41.1. The van der Waals surface area contributed by atoms with Gasteiger partial charge in [0.2, 0.25) is 0 Å². The number of fused-ring (bicyclic) bond motifs is 1. The molecule has 0 aliphatic carbocycles. The van der Waals surface area contributed by atoms with E-state index in [1.54, 1.807) is 0 Å². The Kier molecular flexibility index (Phi) is 2.15. The van der Waals surface area contributed by atoms with Crippen LogP contribution in [0.15, 0.2) is 22.6 Å². The highest BCUT2D eigenvalue weighted by Crippen LogP contribution is 2.31. The lowest BCUT2D eigenvalue weighted by molar-refractivity contribution is -0.156. The number of oxazole rings is 1. The molecule has 1 aromatic heterocycles. The Balaban J connectivity index is 2.56. The van der Waals surface area contributed by atoms with E-state index in [1.807, 2.05) is 0 Å². The highest BCUT2D eigenvalue weighted by molar-refractivity contribution is 5.73. The van der Waals surface area contributed by atoms with Gasteiger partial charge in [0, 0.05) is 0 Å². The molecule has 15 heavy (non-hydrogen) atoms. The molecule has 80 valence electrons. The summed E-state index contributed by atoms with van der Waals surface area (Å²) in [5, 5.41) is 8.78. The third-order valence-corrected chi connectivity index (χ3v) is 1.88. The fourth-order valence-corrected chi connectivity index (χ4v) is 1.19. The molecule has 1 aromatic carbocycles. The van der Waals surface area contributed by atoms with Crippen molar-refractivity contribution in [1.29, 1.82) is 0 Å². The Morgan fingerprint density at radius 2 is 2.07 bits per heavy atom. The predicted molar refractivity (Wildman–Crippen MR) is 44.9 cm³/mol. The fraction of sp³-hybridized carbons (Fsp3) is 0.222. The molecule has 1 heterocycles. The molecule has 0 radical (unpaired) electrons. The van der Waals surface area contributed by atoms with E-state index in [-0.39, 0.29) is 17.7 Å². The van der Waals surface area contributed by atoms with E-state index in [0.29, 0.717) is 5.56 Å². The van der Waals surface area contributed by atoms with Crippen LogP contribution in [0.25, 0.3) is 11.1 Å². The van der Waals surface area contributed by atoms with Gasteiger partial charge in [0.25, 0.3) is 0 Å². The maximum absolute atomic E-state index is 12.2. The Labute approximate surface area is 82.1 Å². The minimum Gasteiger partial charge on any atom is -0.433 e. The SMILES string of the molecule is OCc1ccc2oc(C(F)(F)F)nc2c1. The monoisotopic (exact) mass is 217 g/mol. The number of halogens is 3. The molecule has 0 amide bonds. The second-order valence-electron chi connectivity index (χ2n) is 2.98. The number of benzene rings is 1. The lowest BCUT2D eigenvalue weighted by Gasteiger charge is -1.96. The fourth-order valence-electron chi connectivity index (χ4n) is 1.19. The van der Waals surface area contributed by atoms with Gasteiger partial charge in [0.1, 0.15) is 5.52 Å². The number of alkyl halides is 3. The van der Waals surface area contributed by atoms with Gasteiger partial charge in [0.15, 0.2) is 5.58 Å². The molecular formula is C9H6F3NO2. The zero-order valence-corrected chi connectivity index (χ0v) is 7.38. The molecule has 2 rings (SSSR count). The molecule has 0 spiro atoms. The minimum atomic E-state index is -4.58. The molecule has 3 nitrogen and oxygen atoms in total. The third-order valence-electron chi connectivity index (χ3n) is 1.88. The van der Waals surface area contributed by atoms with Gasteiger partial charge in [-0.3, -0.25) is 0 Å². The zero-order chi connectivity index (χ0) is 11.1. The van der Waals surface area contributed by atoms with Crippen LogP contribution < -0.4 is 0 Å². The summed E-state index contributed by atoms with van der Waals surface area (Å²) in [6.07, 6.45) is -4.58. The molecule has 1 N–H and O–H groups in total.